The average Bonchev–Trinajstić information content (AvgIpc) is 2.29. The summed E-state index contributed by atoms with van der Waals surface area (Å²) in [6.07, 6.45) is -3.01. The molecule has 0 atom stereocenters. The first-order valence-electron chi connectivity index (χ1n) is 4.96. The van der Waals surface area contributed by atoms with Gasteiger partial charge in [-0.05, 0) is 23.8 Å². The first kappa shape index (κ1) is 11.5. The van der Waals surface area contributed by atoms with Crippen molar-refractivity contribution in [2.24, 2.45) is 0 Å². The van der Waals surface area contributed by atoms with Gasteiger partial charge < -0.3 is 10.2 Å². The molecule has 0 aliphatic carbocycles. The van der Waals surface area contributed by atoms with Gasteiger partial charge in [-0.25, -0.2) is 13.6 Å². The zero-order chi connectivity index (χ0) is 12.6. The number of fused-ring (bicyclic) bond motifs is 1. The van der Waals surface area contributed by atoms with Gasteiger partial charge in [0.15, 0.2) is 0 Å². The summed E-state index contributed by atoms with van der Waals surface area (Å²) < 4.78 is 24.5. The SMILES string of the molecule is CN1Cc2cc(C(=O)C(F)F)ccc2NC1=O. The lowest BCUT2D eigenvalue weighted by molar-refractivity contribution is 0.0678. The van der Waals surface area contributed by atoms with Gasteiger partial charge in [0.2, 0.25) is 5.78 Å². The third-order valence-electron chi connectivity index (χ3n) is 2.58. The number of benzene rings is 1. The normalized spacial score (nSPS) is 14.6. The lowest BCUT2D eigenvalue weighted by atomic mass is 10.0. The fourth-order valence-electron chi connectivity index (χ4n) is 1.66. The highest BCUT2D eigenvalue weighted by atomic mass is 19.3. The molecular formula is C11H10F2N2O2. The van der Waals surface area contributed by atoms with Crippen LogP contribution in [0, 0.1) is 0 Å². The second-order valence-electron chi connectivity index (χ2n) is 3.82. The van der Waals surface area contributed by atoms with E-state index in [0.717, 1.165) is 0 Å². The van der Waals surface area contributed by atoms with E-state index < -0.39 is 12.2 Å². The summed E-state index contributed by atoms with van der Waals surface area (Å²) in [6, 6.07) is 3.89. The zero-order valence-corrected chi connectivity index (χ0v) is 9.04. The van der Waals surface area contributed by atoms with Gasteiger partial charge in [0.1, 0.15) is 0 Å². The van der Waals surface area contributed by atoms with Crippen LogP contribution in [0.25, 0.3) is 0 Å². The molecule has 2 amide bonds. The van der Waals surface area contributed by atoms with Crippen molar-refractivity contribution in [2.45, 2.75) is 13.0 Å². The quantitative estimate of drug-likeness (QED) is 0.805. The first-order valence-corrected chi connectivity index (χ1v) is 4.96. The molecule has 90 valence electrons. The van der Waals surface area contributed by atoms with Crippen LogP contribution in [0.2, 0.25) is 0 Å². The maximum Gasteiger partial charge on any atom is 0.321 e. The Labute approximate surface area is 96.2 Å². The summed E-state index contributed by atoms with van der Waals surface area (Å²) in [5.41, 5.74) is 1.17. The van der Waals surface area contributed by atoms with Crippen LogP contribution >= 0.6 is 0 Å². The van der Waals surface area contributed by atoms with E-state index in [4.69, 9.17) is 0 Å². The Bertz CT molecular complexity index is 488. The topological polar surface area (TPSA) is 49.4 Å². The lowest BCUT2D eigenvalue weighted by Gasteiger charge is -2.26. The molecule has 1 aliphatic heterocycles. The van der Waals surface area contributed by atoms with Crippen molar-refractivity contribution < 1.29 is 18.4 Å². The second-order valence-corrected chi connectivity index (χ2v) is 3.82. The number of Topliss-reactive ketones (excluding diaryl/α,β-unsaturated/α-hetero) is 1. The van der Waals surface area contributed by atoms with Crippen LogP contribution in [-0.2, 0) is 6.54 Å². The number of amides is 2. The minimum absolute atomic E-state index is 0.0386. The van der Waals surface area contributed by atoms with Crippen LogP contribution in [0.15, 0.2) is 18.2 Å². The first-order chi connectivity index (χ1) is 7.99. The second kappa shape index (κ2) is 4.12. The molecule has 0 unspecified atom stereocenters. The van der Waals surface area contributed by atoms with Gasteiger partial charge in [0.05, 0.1) is 0 Å². The number of carbonyl (C=O) groups excluding carboxylic acids is 2. The minimum Gasteiger partial charge on any atom is -0.323 e. The smallest absolute Gasteiger partial charge is 0.321 e. The predicted octanol–water partition coefficient (Wildman–Crippen LogP) is 2.11. The molecule has 1 aliphatic rings. The van der Waals surface area contributed by atoms with Crippen LogP contribution in [0.1, 0.15) is 15.9 Å². The van der Waals surface area contributed by atoms with E-state index in [2.05, 4.69) is 5.32 Å². The molecule has 0 bridgehead atoms. The van der Waals surface area contributed by atoms with E-state index in [1.807, 2.05) is 0 Å². The Morgan fingerprint density at radius 3 is 2.82 bits per heavy atom. The van der Waals surface area contributed by atoms with E-state index in [9.17, 15) is 18.4 Å². The number of hydrogen-bond acceptors (Lipinski definition) is 2. The summed E-state index contributed by atoms with van der Waals surface area (Å²) in [5.74, 6) is -1.20. The minimum atomic E-state index is -3.01. The molecule has 1 aromatic carbocycles. The Hall–Kier alpha value is -1.98. The van der Waals surface area contributed by atoms with Crippen molar-refractivity contribution in [3.63, 3.8) is 0 Å². The molecule has 0 aromatic heterocycles. The summed E-state index contributed by atoms with van der Waals surface area (Å²) >= 11 is 0. The van der Waals surface area contributed by atoms with Crippen LogP contribution in [-0.4, -0.2) is 30.2 Å². The Morgan fingerprint density at radius 1 is 1.47 bits per heavy atom. The summed E-state index contributed by atoms with van der Waals surface area (Å²) in [5, 5.41) is 2.59. The fourth-order valence-corrected chi connectivity index (χ4v) is 1.66. The average molecular weight is 240 g/mol. The van der Waals surface area contributed by atoms with Gasteiger partial charge in [-0.15, -0.1) is 0 Å². The van der Waals surface area contributed by atoms with Gasteiger partial charge in [-0.2, -0.15) is 0 Å². The number of hydrogen-bond donors (Lipinski definition) is 1. The molecule has 0 spiro atoms. The van der Waals surface area contributed by atoms with Crippen molar-refractivity contribution in [3.8, 4) is 0 Å². The van der Waals surface area contributed by atoms with Gasteiger partial charge >= 0.3 is 12.5 Å². The third-order valence-corrected chi connectivity index (χ3v) is 2.58. The highest BCUT2D eigenvalue weighted by Gasteiger charge is 2.23. The number of carbonyl (C=O) groups is 2. The molecule has 0 fully saturated rings. The van der Waals surface area contributed by atoms with Crippen molar-refractivity contribution in [2.75, 3.05) is 12.4 Å². The van der Waals surface area contributed by atoms with Crippen molar-refractivity contribution >= 4 is 17.5 Å². The molecule has 0 radical (unpaired) electrons. The fraction of sp³-hybridized carbons (Fsp3) is 0.273. The van der Waals surface area contributed by atoms with Gasteiger partial charge in [0, 0.05) is 24.8 Å². The number of ketones is 1. The third kappa shape index (κ3) is 2.11. The van der Waals surface area contributed by atoms with Gasteiger partial charge in [0.25, 0.3) is 0 Å². The number of halogens is 2. The van der Waals surface area contributed by atoms with Crippen LogP contribution in [0.5, 0.6) is 0 Å². The zero-order valence-electron chi connectivity index (χ0n) is 9.04. The van der Waals surface area contributed by atoms with E-state index in [-0.39, 0.29) is 11.6 Å². The van der Waals surface area contributed by atoms with Crippen molar-refractivity contribution in [3.05, 3.63) is 29.3 Å². The number of anilines is 1. The number of urea groups is 1. The van der Waals surface area contributed by atoms with Gasteiger partial charge in [-0.3, -0.25) is 4.79 Å². The molecule has 1 aromatic rings. The highest BCUT2D eigenvalue weighted by Crippen LogP contribution is 2.24. The Balaban J connectivity index is 2.35. The van der Waals surface area contributed by atoms with Crippen molar-refractivity contribution in [1.82, 2.24) is 4.90 Å². The molecule has 0 saturated carbocycles. The molecule has 2 rings (SSSR count). The largest absolute Gasteiger partial charge is 0.323 e. The maximum absolute atomic E-state index is 12.3. The standard InChI is InChI=1S/C11H10F2N2O2/c1-15-5-7-4-6(9(16)10(12)13)2-3-8(7)14-11(15)17/h2-4,10H,5H2,1H3,(H,14,17). The number of nitrogens with one attached hydrogen (secondary N) is 1. The summed E-state index contributed by atoms with van der Waals surface area (Å²) in [4.78, 5) is 23.8. The Kier molecular flexibility index (Phi) is 2.79. The van der Waals surface area contributed by atoms with Crippen LogP contribution < -0.4 is 5.32 Å². The summed E-state index contributed by atoms with van der Waals surface area (Å²) in [6.45, 7) is 0.297. The van der Waals surface area contributed by atoms with Crippen molar-refractivity contribution in [1.29, 1.82) is 0 Å². The molecule has 0 saturated heterocycles. The molecule has 6 heteroatoms. The van der Waals surface area contributed by atoms with E-state index in [0.29, 0.717) is 17.8 Å². The van der Waals surface area contributed by atoms with Crippen LogP contribution in [0.3, 0.4) is 0 Å². The molecular weight excluding hydrogens is 230 g/mol. The predicted molar refractivity (Wildman–Crippen MR) is 57.3 cm³/mol. The van der Waals surface area contributed by atoms with E-state index >= 15 is 0 Å². The molecule has 1 N–H and O–H groups in total. The summed E-state index contributed by atoms with van der Waals surface area (Å²) in [7, 11) is 1.58. The van der Waals surface area contributed by atoms with Crippen LogP contribution in [0.4, 0.5) is 19.3 Å². The molecule has 1 heterocycles. The number of nitrogens with zero attached hydrogens (tertiary/aromatic N) is 1. The Morgan fingerprint density at radius 2 is 2.18 bits per heavy atom. The molecule has 4 nitrogen and oxygen atoms in total. The number of rotatable bonds is 2. The van der Waals surface area contributed by atoms with E-state index in [1.54, 1.807) is 7.05 Å². The van der Waals surface area contributed by atoms with Gasteiger partial charge in [-0.1, -0.05) is 0 Å². The molecule has 17 heavy (non-hydrogen) atoms. The lowest BCUT2D eigenvalue weighted by Crippen LogP contribution is -2.35. The monoisotopic (exact) mass is 240 g/mol. The van der Waals surface area contributed by atoms with E-state index in [1.165, 1.54) is 23.1 Å². The highest BCUT2D eigenvalue weighted by molar-refractivity contribution is 6.00. The maximum atomic E-state index is 12.3. The number of alkyl halides is 2.